The Kier molecular flexibility index (Phi) is 6.46. The average molecular weight is 374 g/mol. The van der Waals surface area contributed by atoms with Gasteiger partial charge >= 0.3 is 0 Å². The molecule has 7 N–H and O–H groups in total. The van der Waals surface area contributed by atoms with Crippen LogP contribution >= 0.6 is 0 Å². The number of aliphatic hydroxyl groups is 4. The van der Waals surface area contributed by atoms with Crippen LogP contribution in [-0.2, 0) is 13.0 Å². The van der Waals surface area contributed by atoms with Crippen molar-refractivity contribution in [2.45, 2.75) is 43.8 Å². The summed E-state index contributed by atoms with van der Waals surface area (Å²) >= 11 is 0. The minimum atomic E-state index is -1.34. The molecule has 0 radical (unpaired) electrons. The third-order valence-corrected chi connectivity index (χ3v) is 5.29. The second-order valence-corrected chi connectivity index (χ2v) is 7.16. The Morgan fingerprint density at radius 1 is 0.889 bits per heavy atom. The molecular weight excluding hydrogens is 346 g/mol. The van der Waals surface area contributed by atoms with E-state index in [1.165, 1.54) is 5.56 Å². The Bertz CT molecular complexity index is 734. The van der Waals surface area contributed by atoms with Crippen molar-refractivity contribution in [1.29, 1.82) is 0 Å². The molecule has 5 atom stereocenters. The Labute approximate surface area is 158 Å². The van der Waals surface area contributed by atoms with Crippen molar-refractivity contribution in [2.75, 3.05) is 6.61 Å². The van der Waals surface area contributed by atoms with Gasteiger partial charge in [0.15, 0.2) is 0 Å². The molecule has 3 rings (SSSR count). The van der Waals surface area contributed by atoms with E-state index in [0.717, 1.165) is 17.7 Å². The first-order valence-electron chi connectivity index (χ1n) is 9.30. The van der Waals surface area contributed by atoms with Gasteiger partial charge in [0.25, 0.3) is 0 Å². The summed E-state index contributed by atoms with van der Waals surface area (Å²) in [6, 6.07) is 15.8. The number of para-hydroxylation sites is 1. The maximum Gasteiger partial charge on any atom is 0.128 e. The average Bonchev–Trinajstić information content (AvgIpc) is 2.70. The SMILES string of the molecule is [NH3+]Cc1ccc(Cc2ccccc2O[C@@H]2C[C@H](CO)[C@@H](O)[C@H](O)[C@H]2O)cc1. The highest BCUT2D eigenvalue weighted by atomic mass is 16.5. The van der Waals surface area contributed by atoms with Crippen molar-refractivity contribution in [3.8, 4) is 5.75 Å². The van der Waals surface area contributed by atoms with E-state index >= 15 is 0 Å². The van der Waals surface area contributed by atoms with Gasteiger partial charge in [-0.1, -0.05) is 42.5 Å². The number of ether oxygens (including phenoxy) is 1. The van der Waals surface area contributed by atoms with Gasteiger partial charge in [-0.15, -0.1) is 0 Å². The smallest absolute Gasteiger partial charge is 0.128 e. The lowest BCUT2D eigenvalue weighted by molar-refractivity contribution is -0.386. The molecule has 6 heteroatoms. The van der Waals surface area contributed by atoms with E-state index in [1.54, 1.807) is 0 Å². The molecule has 1 saturated carbocycles. The van der Waals surface area contributed by atoms with Gasteiger partial charge in [0, 0.05) is 24.5 Å². The van der Waals surface area contributed by atoms with Crippen molar-refractivity contribution in [2.24, 2.45) is 5.92 Å². The molecule has 0 aromatic heterocycles. The lowest BCUT2D eigenvalue weighted by Gasteiger charge is -2.39. The number of hydrogen-bond donors (Lipinski definition) is 5. The Morgan fingerprint density at radius 3 is 2.22 bits per heavy atom. The fraction of sp³-hybridized carbons (Fsp3) is 0.429. The summed E-state index contributed by atoms with van der Waals surface area (Å²) in [6.07, 6.45) is -3.48. The molecule has 6 nitrogen and oxygen atoms in total. The molecule has 1 fully saturated rings. The van der Waals surface area contributed by atoms with Crippen LogP contribution in [0.2, 0.25) is 0 Å². The summed E-state index contributed by atoms with van der Waals surface area (Å²) in [4.78, 5) is 0. The first kappa shape index (κ1) is 19.8. The molecule has 27 heavy (non-hydrogen) atoms. The van der Waals surface area contributed by atoms with Crippen LogP contribution in [0.4, 0.5) is 0 Å². The van der Waals surface area contributed by atoms with Crippen LogP contribution in [0.25, 0.3) is 0 Å². The predicted molar refractivity (Wildman–Crippen MR) is 99.9 cm³/mol. The van der Waals surface area contributed by atoms with Crippen molar-refractivity contribution >= 4 is 0 Å². The van der Waals surface area contributed by atoms with Crippen LogP contribution in [0.5, 0.6) is 5.75 Å². The van der Waals surface area contributed by atoms with Gasteiger partial charge in [0.1, 0.15) is 24.1 Å². The van der Waals surface area contributed by atoms with Gasteiger partial charge < -0.3 is 30.9 Å². The standard InChI is InChI=1S/C21H27NO5/c22-11-14-7-5-13(6-8-14)9-15-3-1-2-4-17(15)27-18-10-16(12-23)19(24)21(26)20(18)25/h1-8,16,18-21,23-26H,9-12,22H2/p+1/t16-,18-,19-,20+,21+/m1/s1. The lowest BCUT2D eigenvalue weighted by Crippen LogP contribution is -2.56. The van der Waals surface area contributed by atoms with Gasteiger partial charge in [-0.2, -0.15) is 0 Å². The van der Waals surface area contributed by atoms with Gasteiger partial charge in [-0.25, -0.2) is 0 Å². The van der Waals surface area contributed by atoms with Crippen LogP contribution in [0.1, 0.15) is 23.1 Å². The quantitative estimate of drug-likeness (QED) is 0.482. The molecule has 0 aliphatic heterocycles. The van der Waals surface area contributed by atoms with Gasteiger partial charge in [0.2, 0.25) is 0 Å². The van der Waals surface area contributed by atoms with Gasteiger partial charge in [-0.05, 0) is 23.6 Å². The van der Waals surface area contributed by atoms with Crippen molar-refractivity contribution in [3.63, 3.8) is 0 Å². The predicted octanol–water partition coefficient (Wildman–Crippen LogP) is -0.138. The number of quaternary nitrogens is 1. The molecule has 0 bridgehead atoms. The third-order valence-electron chi connectivity index (χ3n) is 5.29. The largest absolute Gasteiger partial charge is 0.487 e. The Hall–Kier alpha value is -1.96. The van der Waals surface area contributed by atoms with E-state index < -0.39 is 30.3 Å². The third kappa shape index (κ3) is 4.48. The van der Waals surface area contributed by atoms with E-state index in [1.807, 2.05) is 24.3 Å². The molecule has 2 aromatic carbocycles. The van der Waals surface area contributed by atoms with Crippen LogP contribution in [-0.4, -0.2) is 51.4 Å². The second-order valence-electron chi connectivity index (χ2n) is 7.16. The van der Waals surface area contributed by atoms with Crippen LogP contribution in [0.3, 0.4) is 0 Å². The van der Waals surface area contributed by atoms with Crippen LogP contribution < -0.4 is 10.5 Å². The molecule has 1 aliphatic rings. The minimum Gasteiger partial charge on any atom is -0.487 e. The molecule has 0 unspecified atom stereocenters. The molecule has 0 heterocycles. The van der Waals surface area contributed by atoms with Gasteiger partial charge in [-0.3, -0.25) is 0 Å². The topological polar surface area (TPSA) is 118 Å². The van der Waals surface area contributed by atoms with E-state index in [-0.39, 0.29) is 13.0 Å². The van der Waals surface area contributed by atoms with E-state index in [0.29, 0.717) is 12.2 Å². The van der Waals surface area contributed by atoms with Crippen molar-refractivity contribution < 1.29 is 30.9 Å². The zero-order chi connectivity index (χ0) is 19.4. The van der Waals surface area contributed by atoms with E-state index in [2.05, 4.69) is 30.0 Å². The first-order chi connectivity index (χ1) is 13.0. The minimum absolute atomic E-state index is 0.266. The normalized spacial score (nSPS) is 28.1. The molecule has 1 aliphatic carbocycles. The second kappa shape index (κ2) is 8.82. The molecule has 2 aromatic rings. The van der Waals surface area contributed by atoms with Crippen LogP contribution in [0.15, 0.2) is 48.5 Å². The van der Waals surface area contributed by atoms with Crippen LogP contribution in [0, 0.1) is 5.92 Å². The van der Waals surface area contributed by atoms with E-state index in [9.17, 15) is 20.4 Å². The Balaban J connectivity index is 1.77. The maximum absolute atomic E-state index is 10.3. The summed E-state index contributed by atoms with van der Waals surface area (Å²) in [6.45, 7) is 0.477. The zero-order valence-electron chi connectivity index (χ0n) is 15.2. The number of rotatable bonds is 6. The molecule has 0 spiro atoms. The summed E-state index contributed by atoms with van der Waals surface area (Å²) in [5.41, 5.74) is 7.16. The molecule has 146 valence electrons. The summed E-state index contributed by atoms with van der Waals surface area (Å²) in [5, 5.41) is 39.7. The molecule has 0 amide bonds. The van der Waals surface area contributed by atoms with E-state index in [4.69, 9.17) is 4.74 Å². The molecule has 0 saturated heterocycles. The molecular formula is C21H28NO5+. The van der Waals surface area contributed by atoms with Gasteiger partial charge in [0.05, 0.1) is 12.6 Å². The summed E-state index contributed by atoms with van der Waals surface area (Å²) < 4.78 is 6.02. The summed E-state index contributed by atoms with van der Waals surface area (Å²) in [5.74, 6) is 0.0961. The number of aliphatic hydroxyl groups excluding tert-OH is 4. The highest BCUT2D eigenvalue weighted by Gasteiger charge is 2.43. The summed E-state index contributed by atoms with van der Waals surface area (Å²) in [7, 11) is 0. The lowest BCUT2D eigenvalue weighted by atomic mass is 9.81. The highest BCUT2D eigenvalue weighted by molar-refractivity contribution is 5.38. The number of hydrogen-bond acceptors (Lipinski definition) is 5. The van der Waals surface area contributed by atoms with Crippen molar-refractivity contribution in [1.82, 2.24) is 0 Å². The fourth-order valence-corrected chi connectivity index (χ4v) is 3.55. The first-order valence-corrected chi connectivity index (χ1v) is 9.30. The maximum atomic E-state index is 10.3. The fourth-order valence-electron chi connectivity index (χ4n) is 3.55. The van der Waals surface area contributed by atoms with Crippen molar-refractivity contribution in [3.05, 3.63) is 65.2 Å². The monoisotopic (exact) mass is 374 g/mol. The number of benzene rings is 2. The Morgan fingerprint density at radius 2 is 1.56 bits per heavy atom. The highest BCUT2D eigenvalue weighted by Crippen LogP contribution is 2.31. The zero-order valence-corrected chi connectivity index (χ0v) is 15.2.